The maximum atomic E-state index is 15.4. The number of rotatable bonds is 6. The second-order valence-corrected chi connectivity index (χ2v) is 11.9. The summed E-state index contributed by atoms with van der Waals surface area (Å²) in [5, 5.41) is 9.74. The number of hydrogen-bond donors (Lipinski definition) is 1. The number of pyridine rings is 1. The van der Waals surface area contributed by atoms with E-state index in [1.54, 1.807) is 46.9 Å². The molecule has 2 aromatic rings. The number of amides is 4. The van der Waals surface area contributed by atoms with Crippen molar-refractivity contribution in [3.63, 3.8) is 0 Å². The van der Waals surface area contributed by atoms with Gasteiger partial charge in [-0.25, -0.2) is 9.59 Å². The van der Waals surface area contributed by atoms with E-state index in [9.17, 15) is 19.5 Å². The van der Waals surface area contributed by atoms with Gasteiger partial charge in [-0.2, -0.15) is 8.78 Å². The van der Waals surface area contributed by atoms with Crippen LogP contribution < -0.4 is 4.90 Å². The van der Waals surface area contributed by atoms with Gasteiger partial charge < -0.3 is 24.7 Å². The summed E-state index contributed by atoms with van der Waals surface area (Å²) in [4.78, 5) is 50.6. The van der Waals surface area contributed by atoms with Crippen molar-refractivity contribution >= 4 is 23.7 Å². The number of anilines is 1. The van der Waals surface area contributed by atoms with E-state index in [0.717, 1.165) is 0 Å². The van der Waals surface area contributed by atoms with E-state index < -0.39 is 29.2 Å². The Hall–Kier alpha value is -3.80. The Morgan fingerprint density at radius 1 is 1.15 bits per heavy atom. The smallest absolute Gasteiger partial charge is 0.407 e. The molecule has 2 atom stereocenters. The highest BCUT2D eigenvalue weighted by atomic mass is 19.3. The highest BCUT2D eigenvalue weighted by Gasteiger charge is 2.44. The second-order valence-electron chi connectivity index (χ2n) is 11.9. The molecule has 2 fully saturated rings. The number of halogens is 2. The first-order valence-corrected chi connectivity index (χ1v) is 13.8. The van der Waals surface area contributed by atoms with Crippen LogP contribution in [0.1, 0.15) is 37.6 Å². The molecule has 3 aliphatic rings. The molecule has 10 nitrogen and oxygen atoms in total. The lowest BCUT2D eigenvalue weighted by Gasteiger charge is -2.45. The van der Waals surface area contributed by atoms with Gasteiger partial charge in [-0.3, -0.25) is 14.7 Å². The Bertz CT molecular complexity index is 1340. The molecule has 0 radical (unpaired) electrons. The summed E-state index contributed by atoms with van der Waals surface area (Å²) in [6.45, 7) is 7.78. The number of benzene rings is 1. The number of alkyl halides is 2. The summed E-state index contributed by atoms with van der Waals surface area (Å²) in [5.41, 5.74) is 0.00398. The molecule has 0 saturated carbocycles. The van der Waals surface area contributed by atoms with Crippen LogP contribution in [0.4, 0.5) is 24.1 Å². The van der Waals surface area contributed by atoms with E-state index >= 15 is 8.78 Å². The van der Waals surface area contributed by atoms with Gasteiger partial charge in [0, 0.05) is 81.1 Å². The summed E-state index contributed by atoms with van der Waals surface area (Å²) in [5.74, 6) is -3.62. The number of nitrogens with zero attached hydrogens (tertiary/aromatic N) is 6. The van der Waals surface area contributed by atoms with Crippen molar-refractivity contribution < 1.29 is 28.3 Å². The topological polar surface area (TPSA) is 101 Å². The molecule has 0 spiro atoms. The van der Waals surface area contributed by atoms with Crippen molar-refractivity contribution in [1.82, 2.24) is 24.6 Å². The van der Waals surface area contributed by atoms with Gasteiger partial charge in [-0.15, -0.1) is 0 Å². The van der Waals surface area contributed by atoms with Crippen LogP contribution in [0.25, 0.3) is 0 Å². The number of fused-ring (bicyclic) bond motifs is 1. The largest absolute Gasteiger partial charge is 0.465 e. The SMILES string of the molecule is C[C@@H]1CN(CC(=O)N2CC(C)(C)c3cnc(C(F)(F)c4ccccc4)cc32)[C@@H](CN2CCN(C)C2=O)CN1C(=O)O. The van der Waals surface area contributed by atoms with E-state index in [0.29, 0.717) is 37.4 Å². The minimum Gasteiger partial charge on any atom is -0.465 e. The Kier molecular flexibility index (Phi) is 7.39. The number of urea groups is 1. The molecular formula is C29H36F2N6O4. The lowest BCUT2D eigenvalue weighted by Crippen LogP contribution is -2.63. The van der Waals surface area contributed by atoms with Gasteiger partial charge in [-0.05, 0) is 13.0 Å². The average Bonchev–Trinajstić information content (AvgIpc) is 3.40. The third-order valence-electron chi connectivity index (χ3n) is 8.49. The summed E-state index contributed by atoms with van der Waals surface area (Å²) < 4.78 is 30.9. The number of aromatic nitrogens is 1. The first-order valence-electron chi connectivity index (χ1n) is 13.8. The molecule has 1 aromatic heterocycles. The predicted molar refractivity (Wildman–Crippen MR) is 148 cm³/mol. The van der Waals surface area contributed by atoms with Gasteiger partial charge in [0.1, 0.15) is 5.69 Å². The standard InChI is InChI=1S/C29H36F2N6O4/c1-19-14-35(21(16-36(19)27(40)41)15-34-11-10-33(4)26(34)39)17-25(38)37-18-28(2,3)22-13-32-24(12-23(22)37)29(30,31)20-8-6-5-7-9-20/h5-9,12-13,19,21H,10-11,14-18H2,1-4H3,(H,40,41)/t19-,21+/m1/s1. The zero-order valence-corrected chi connectivity index (χ0v) is 23.8. The average molecular weight is 571 g/mol. The maximum Gasteiger partial charge on any atom is 0.407 e. The third-order valence-corrected chi connectivity index (χ3v) is 8.49. The van der Waals surface area contributed by atoms with Crippen LogP contribution in [0.3, 0.4) is 0 Å². The fraction of sp³-hybridized carbons (Fsp3) is 0.517. The van der Waals surface area contributed by atoms with Gasteiger partial charge in [0.2, 0.25) is 5.91 Å². The van der Waals surface area contributed by atoms with E-state index in [-0.39, 0.29) is 43.2 Å². The van der Waals surface area contributed by atoms with Gasteiger partial charge in [0.05, 0.1) is 12.2 Å². The predicted octanol–water partition coefficient (Wildman–Crippen LogP) is 3.27. The zero-order chi connectivity index (χ0) is 29.7. The van der Waals surface area contributed by atoms with Crippen LogP contribution in [-0.4, -0.2) is 113 Å². The van der Waals surface area contributed by atoms with Crippen molar-refractivity contribution in [3.8, 4) is 0 Å². The molecule has 1 aromatic carbocycles. The molecular weight excluding hydrogens is 534 g/mol. The maximum absolute atomic E-state index is 15.4. The van der Waals surface area contributed by atoms with E-state index in [4.69, 9.17) is 0 Å². The molecule has 220 valence electrons. The third kappa shape index (κ3) is 5.32. The van der Waals surface area contributed by atoms with E-state index in [2.05, 4.69) is 4.98 Å². The normalized spacial score (nSPS) is 22.8. The van der Waals surface area contributed by atoms with Crippen molar-refractivity contribution in [1.29, 1.82) is 0 Å². The minimum atomic E-state index is -3.35. The summed E-state index contributed by atoms with van der Waals surface area (Å²) in [6.07, 6.45) is 0.397. The van der Waals surface area contributed by atoms with Crippen LogP contribution in [0.2, 0.25) is 0 Å². The molecule has 12 heteroatoms. The number of carbonyl (C=O) groups excluding carboxylic acids is 2. The lowest BCUT2D eigenvalue weighted by atomic mass is 9.88. The Morgan fingerprint density at radius 2 is 1.85 bits per heavy atom. The quantitative estimate of drug-likeness (QED) is 0.573. The summed E-state index contributed by atoms with van der Waals surface area (Å²) in [6, 6.07) is 7.88. The van der Waals surface area contributed by atoms with Crippen molar-refractivity contribution in [2.45, 2.75) is 44.2 Å². The summed E-state index contributed by atoms with van der Waals surface area (Å²) >= 11 is 0. The van der Waals surface area contributed by atoms with Gasteiger partial charge in [0.25, 0.3) is 0 Å². The molecule has 0 aliphatic carbocycles. The van der Waals surface area contributed by atoms with Crippen LogP contribution in [0, 0.1) is 0 Å². The fourth-order valence-electron chi connectivity index (χ4n) is 6.07. The lowest BCUT2D eigenvalue weighted by molar-refractivity contribution is -0.121. The van der Waals surface area contributed by atoms with Crippen LogP contribution >= 0.6 is 0 Å². The van der Waals surface area contributed by atoms with Crippen LogP contribution in [-0.2, 0) is 16.1 Å². The fourth-order valence-corrected chi connectivity index (χ4v) is 6.07. The van der Waals surface area contributed by atoms with Gasteiger partial charge in [-0.1, -0.05) is 44.2 Å². The Balaban J connectivity index is 1.41. The van der Waals surface area contributed by atoms with Gasteiger partial charge in [0.15, 0.2) is 0 Å². The number of likely N-dealkylation sites (N-methyl/N-ethyl adjacent to an activating group) is 1. The highest BCUT2D eigenvalue weighted by molar-refractivity contribution is 5.97. The number of piperazine rings is 1. The number of carboxylic acid groups (broad SMARTS) is 1. The van der Waals surface area contributed by atoms with Crippen LogP contribution in [0.15, 0.2) is 42.6 Å². The first-order chi connectivity index (χ1) is 19.3. The molecule has 41 heavy (non-hydrogen) atoms. The van der Waals surface area contributed by atoms with Crippen molar-refractivity contribution in [2.24, 2.45) is 0 Å². The molecule has 4 amide bonds. The first kappa shape index (κ1) is 28.7. The van der Waals surface area contributed by atoms with E-state index in [1.807, 2.05) is 18.7 Å². The summed E-state index contributed by atoms with van der Waals surface area (Å²) in [7, 11) is 1.72. The van der Waals surface area contributed by atoms with Gasteiger partial charge >= 0.3 is 18.0 Å². The molecule has 1 N–H and O–H groups in total. The van der Waals surface area contributed by atoms with E-state index in [1.165, 1.54) is 29.3 Å². The monoisotopic (exact) mass is 570 g/mol. The minimum absolute atomic E-state index is 0.0391. The second kappa shape index (κ2) is 10.6. The Labute approximate surface area is 238 Å². The highest BCUT2D eigenvalue weighted by Crippen LogP contribution is 2.43. The molecule has 4 heterocycles. The van der Waals surface area contributed by atoms with Crippen molar-refractivity contribution in [3.05, 3.63) is 59.4 Å². The molecule has 2 saturated heterocycles. The zero-order valence-electron chi connectivity index (χ0n) is 23.8. The molecule has 0 bridgehead atoms. The number of carbonyl (C=O) groups is 3. The molecule has 3 aliphatic heterocycles. The van der Waals surface area contributed by atoms with Crippen molar-refractivity contribution in [2.75, 3.05) is 57.8 Å². The molecule has 5 rings (SSSR count). The van der Waals surface area contributed by atoms with Crippen LogP contribution in [0.5, 0.6) is 0 Å². The number of hydrogen-bond acceptors (Lipinski definition) is 5. The Morgan fingerprint density at radius 3 is 2.49 bits per heavy atom. The molecule has 0 unspecified atom stereocenters.